The summed E-state index contributed by atoms with van der Waals surface area (Å²) < 4.78 is 23.7. The summed E-state index contributed by atoms with van der Waals surface area (Å²) in [6.45, 7) is 6.52. The van der Waals surface area contributed by atoms with Gasteiger partial charge in [-0.1, -0.05) is 118 Å². The fourth-order valence-corrected chi connectivity index (χ4v) is 7.66. The van der Waals surface area contributed by atoms with E-state index in [0.717, 1.165) is 73.2 Å². The standard InChI is InChI=1S/C46H36BN4O3/c1-46(2,3)38-26-27-48-45-44(38)54-47-51(45)41-29-35(24-25-42(41)53-47)52-34-19-12-18-33(28-34)49-30-50(40-23-11-10-22-39(40)49)43-36(31-14-6-4-7-15-31)20-13-21-37(43)32-16-8-5-9-17-32/h4-30H,1-3H3/q+1. The third kappa shape index (κ3) is 5.29. The molecule has 0 atom stereocenters. The summed E-state index contributed by atoms with van der Waals surface area (Å²) in [5.41, 5.74) is 10.7. The van der Waals surface area contributed by atoms with Gasteiger partial charge in [-0.3, -0.25) is 4.81 Å². The Morgan fingerprint density at radius 1 is 0.667 bits per heavy atom. The predicted molar refractivity (Wildman–Crippen MR) is 214 cm³/mol. The Morgan fingerprint density at radius 2 is 1.35 bits per heavy atom. The minimum absolute atomic E-state index is 0.106. The monoisotopic (exact) mass is 703 g/mol. The second kappa shape index (κ2) is 12.4. The molecule has 2 aliphatic heterocycles. The van der Waals surface area contributed by atoms with Crippen molar-refractivity contribution in [2.75, 3.05) is 4.81 Å². The molecule has 2 aliphatic rings. The first-order valence-corrected chi connectivity index (χ1v) is 18.2. The van der Waals surface area contributed by atoms with Gasteiger partial charge in [0, 0.05) is 35.0 Å². The van der Waals surface area contributed by atoms with Crippen LogP contribution in [0.1, 0.15) is 26.3 Å². The molecule has 6 aromatic carbocycles. The van der Waals surface area contributed by atoms with Crippen molar-refractivity contribution < 1.29 is 18.6 Å². The average molecular weight is 704 g/mol. The molecular weight excluding hydrogens is 667 g/mol. The number of aromatic nitrogens is 3. The first-order valence-electron chi connectivity index (χ1n) is 18.2. The molecule has 7 nitrogen and oxygen atoms in total. The first-order chi connectivity index (χ1) is 26.4. The summed E-state index contributed by atoms with van der Waals surface area (Å²) in [4.78, 5) is 6.71. The van der Waals surface area contributed by atoms with Gasteiger partial charge in [-0.15, -0.1) is 0 Å². The average Bonchev–Trinajstić information content (AvgIpc) is 3.88. The van der Waals surface area contributed by atoms with E-state index >= 15 is 0 Å². The number of nitrogens with zero attached hydrogens (tertiary/aromatic N) is 4. The van der Waals surface area contributed by atoms with Crippen molar-refractivity contribution >= 4 is 29.8 Å². The zero-order valence-corrected chi connectivity index (χ0v) is 30.2. The number of pyridine rings is 1. The first kappa shape index (κ1) is 31.9. The van der Waals surface area contributed by atoms with E-state index in [4.69, 9.17) is 19.0 Å². The van der Waals surface area contributed by atoms with E-state index in [1.54, 1.807) is 0 Å². The van der Waals surface area contributed by atoms with Crippen LogP contribution in [0.5, 0.6) is 23.0 Å². The van der Waals surface area contributed by atoms with Crippen molar-refractivity contribution in [3.05, 3.63) is 170 Å². The van der Waals surface area contributed by atoms with E-state index < -0.39 is 7.25 Å². The smallest absolute Gasteiger partial charge is 0.505 e. The Hall–Kier alpha value is -6.80. The van der Waals surface area contributed by atoms with Gasteiger partial charge in [0.2, 0.25) is 0 Å². The van der Waals surface area contributed by atoms with Crippen LogP contribution in [0.2, 0.25) is 0 Å². The highest BCUT2D eigenvalue weighted by Crippen LogP contribution is 2.51. The van der Waals surface area contributed by atoms with Crippen LogP contribution < -0.4 is 23.4 Å². The molecule has 8 aromatic rings. The molecule has 0 N–H and O–H groups in total. The fourth-order valence-electron chi connectivity index (χ4n) is 7.66. The van der Waals surface area contributed by atoms with Crippen molar-refractivity contribution in [3.8, 4) is 56.6 Å². The van der Waals surface area contributed by atoms with E-state index in [-0.39, 0.29) is 5.41 Å². The van der Waals surface area contributed by atoms with Gasteiger partial charge < -0.3 is 14.0 Å². The van der Waals surface area contributed by atoms with E-state index in [0.29, 0.717) is 11.5 Å². The number of hydrogen-bond acceptors (Lipinski definition) is 5. The van der Waals surface area contributed by atoms with Crippen LogP contribution in [-0.2, 0) is 5.41 Å². The molecule has 0 aliphatic carbocycles. The number of ether oxygens (including phenoxy) is 1. The number of fused-ring (bicyclic) bond motifs is 6. The SMILES string of the molecule is CC(C)(C)c1ccnc2c1OB1Oc3ccc(Oc4cccc(-n5c[n+](-c6c(-c7ccccc7)cccc6-c6ccccc6)c6ccccc65)c4)cc3N12. The summed E-state index contributed by atoms with van der Waals surface area (Å²) in [6.07, 6.45) is 4.03. The Bertz CT molecular complexity index is 2650. The van der Waals surface area contributed by atoms with Gasteiger partial charge in [0.1, 0.15) is 34.4 Å². The van der Waals surface area contributed by atoms with Gasteiger partial charge in [-0.25, -0.2) is 4.98 Å². The van der Waals surface area contributed by atoms with Gasteiger partial charge >= 0.3 is 7.25 Å². The molecule has 0 saturated heterocycles. The third-order valence-corrected chi connectivity index (χ3v) is 10.2. The van der Waals surface area contributed by atoms with Gasteiger partial charge in [0.15, 0.2) is 16.9 Å². The summed E-state index contributed by atoms with van der Waals surface area (Å²) in [5.74, 6) is 3.64. The number of benzene rings is 6. The van der Waals surface area contributed by atoms with Gasteiger partial charge in [-0.2, -0.15) is 9.13 Å². The topological polar surface area (TPSA) is 52.6 Å². The lowest BCUT2D eigenvalue weighted by molar-refractivity contribution is -0.566. The lowest BCUT2D eigenvalue weighted by Gasteiger charge is -2.21. The minimum atomic E-state index is -0.604. The molecular formula is C46H36BN4O3+. The minimum Gasteiger partial charge on any atom is -0.505 e. The molecule has 2 aromatic heterocycles. The molecule has 54 heavy (non-hydrogen) atoms. The van der Waals surface area contributed by atoms with E-state index in [1.807, 2.05) is 47.4 Å². The van der Waals surface area contributed by atoms with Crippen molar-refractivity contribution in [2.24, 2.45) is 0 Å². The molecule has 260 valence electrons. The zero-order chi connectivity index (χ0) is 36.4. The van der Waals surface area contributed by atoms with Crippen LogP contribution in [0.3, 0.4) is 0 Å². The van der Waals surface area contributed by atoms with Crippen molar-refractivity contribution in [1.82, 2.24) is 9.55 Å². The van der Waals surface area contributed by atoms with Crippen LogP contribution in [-0.4, -0.2) is 16.8 Å². The maximum absolute atomic E-state index is 6.57. The molecule has 0 amide bonds. The van der Waals surface area contributed by atoms with E-state index in [1.165, 1.54) is 0 Å². The molecule has 10 rings (SSSR count). The maximum atomic E-state index is 6.57. The summed E-state index contributed by atoms with van der Waals surface area (Å²) >= 11 is 0. The summed E-state index contributed by atoms with van der Waals surface area (Å²) in [5, 5.41) is 0. The normalized spacial score (nSPS) is 12.9. The highest BCUT2D eigenvalue weighted by molar-refractivity contribution is 6.57. The molecule has 8 heteroatoms. The number of rotatable bonds is 6. The van der Waals surface area contributed by atoms with Crippen LogP contribution in [0.15, 0.2) is 164 Å². The molecule has 0 unspecified atom stereocenters. The van der Waals surface area contributed by atoms with Gasteiger partial charge in [-0.05, 0) is 59.0 Å². The Kier molecular flexibility index (Phi) is 7.33. The predicted octanol–water partition coefficient (Wildman–Crippen LogP) is 10.6. The largest absolute Gasteiger partial charge is 0.744 e. The lowest BCUT2D eigenvalue weighted by atomic mass is 9.87. The van der Waals surface area contributed by atoms with Crippen molar-refractivity contribution in [1.29, 1.82) is 0 Å². The quantitative estimate of drug-likeness (QED) is 0.127. The Labute approximate surface area is 314 Å². The van der Waals surface area contributed by atoms with Crippen LogP contribution >= 0.6 is 0 Å². The van der Waals surface area contributed by atoms with Crippen molar-refractivity contribution in [2.45, 2.75) is 26.2 Å². The molecule has 4 heterocycles. The number of anilines is 2. The van der Waals surface area contributed by atoms with Gasteiger partial charge in [0.05, 0.1) is 5.69 Å². The Balaban J connectivity index is 1.04. The highest BCUT2D eigenvalue weighted by atomic mass is 16.6. The number of para-hydroxylation sites is 3. The molecule has 0 saturated carbocycles. The highest BCUT2D eigenvalue weighted by Gasteiger charge is 2.51. The summed E-state index contributed by atoms with van der Waals surface area (Å²) in [6, 6.07) is 52.4. The lowest BCUT2D eigenvalue weighted by Crippen LogP contribution is -2.36. The fraction of sp³-hybridized carbons (Fsp3) is 0.0870. The second-order valence-electron chi connectivity index (χ2n) is 14.7. The molecule has 0 bridgehead atoms. The molecule has 0 spiro atoms. The number of hydrogen-bond donors (Lipinski definition) is 0. The van der Waals surface area contributed by atoms with Crippen molar-refractivity contribution in [3.63, 3.8) is 0 Å². The van der Waals surface area contributed by atoms with Crippen LogP contribution in [0.25, 0.3) is 44.7 Å². The maximum Gasteiger partial charge on any atom is 0.744 e. The van der Waals surface area contributed by atoms with Gasteiger partial charge in [0.25, 0.3) is 6.33 Å². The number of imidazole rings is 1. The van der Waals surface area contributed by atoms with Crippen LogP contribution in [0.4, 0.5) is 11.5 Å². The molecule has 0 fully saturated rings. The zero-order valence-electron chi connectivity index (χ0n) is 30.2. The molecule has 0 radical (unpaired) electrons. The third-order valence-electron chi connectivity index (χ3n) is 10.2. The van der Waals surface area contributed by atoms with E-state index in [2.05, 4.69) is 151 Å². The van der Waals surface area contributed by atoms with E-state index in [9.17, 15) is 0 Å². The van der Waals surface area contributed by atoms with Crippen LogP contribution in [0, 0.1) is 0 Å². The Morgan fingerprint density at radius 3 is 2.09 bits per heavy atom. The summed E-state index contributed by atoms with van der Waals surface area (Å²) in [7, 11) is -0.604. The second-order valence-corrected chi connectivity index (χ2v) is 14.7.